The maximum absolute atomic E-state index is 3.36. The molecular weight excluding hydrogens is 176 g/mol. The van der Waals surface area contributed by atoms with Gasteiger partial charge in [0.1, 0.15) is 0 Å². The van der Waals surface area contributed by atoms with E-state index in [4.69, 9.17) is 0 Å². The summed E-state index contributed by atoms with van der Waals surface area (Å²) in [6.45, 7) is 2.08. The van der Waals surface area contributed by atoms with Crippen molar-refractivity contribution in [2.75, 3.05) is 0 Å². The molecule has 0 aliphatic rings. The minimum atomic E-state index is 0.898. The average molecular weight is 184 g/mol. The zero-order chi connectivity index (χ0) is 6.69. The highest BCUT2D eigenvalue weighted by Crippen LogP contribution is 2.06. The lowest BCUT2D eigenvalue weighted by Gasteiger charge is -1.93. The third kappa shape index (κ3) is 1.83. The number of benzene rings is 1. The lowest BCUT2D eigenvalue weighted by molar-refractivity contribution is 1.36. The fraction of sp³-hybridized carbons (Fsp3) is 0.250. The van der Waals surface area contributed by atoms with Crippen LogP contribution in [0.2, 0.25) is 0 Å². The molecule has 1 rings (SSSR count). The molecule has 0 spiro atoms. The first kappa shape index (κ1) is 6.81. The minimum Gasteiger partial charge on any atom is -0.0876 e. The topological polar surface area (TPSA) is 0 Å². The Morgan fingerprint density at radius 3 is 2.89 bits per heavy atom. The maximum atomic E-state index is 3.36. The number of rotatable bonds is 1. The summed E-state index contributed by atoms with van der Waals surface area (Å²) in [5, 5.41) is 0.898. The third-order valence-electron chi connectivity index (χ3n) is 1.16. The second-order valence-electron chi connectivity index (χ2n) is 2.02. The average Bonchev–Trinajstić information content (AvgIpc) is 1.88. The molecule has 0 heterocycles. The molecule has 1 radical (unpaired) electrons. The van der Waals surface area contributed by atoms with Crippen molar-refractivity contribution < 1.29 is 0 Å². The van der Waals surface area contributed by atoms with Crippen molar-refractivity contribution >= 4 is 15.9 Å². The van der Waals surface area contributed by atoms with E-state index in [1.54, 1.807) is 0 Å². The number of aryl methyl sites for hydroxylation is 1. The zero-order valence-electron chi connectivity index (χ0n) is 5.32. The molecule has 0 nitrogen and oxygen atoms in total. The van der Waals surface area contributed by atoms with E-state index in [-0.39, 0.29) is 0 Å². The summed E-state index contributed by atoms with van der Waals surface area (Å²) >= 11 is 3.36. The molecule has 1 heteroatoms. The number of hydrogen-bond donors (Lipinski definition) is 0. The van der Waals surface area contributed by atoms with Gasteiger partial charge in [-0.15, -0.1) is 0 Å². The Morgan fingerprint density at radius 2 is 2.44 bits per heavy atom. The van der Waals surface area contributed by atoms with Crippen molar-refractivity contribution in [2.24, 2.45) is 0 Å². The van der Waals surface area contributed by atoms with Gasteiger partial charge in [-0.25, -0.2) is 0 Å². The van der Waals surface area contributed by atoms with Crippen LogP contribution >= 0.6 is 15.9 Å². The van der Waals surface area contributed by atoms with Crippen LogP contribution in [-0.2, 0) is 5.33 Å². The number of alkyl halides is 1. The van der Waals surface area contributed by atoms with Crippen LogP contribution in [0, 0.1) is 13.0 Å². The van der Waals surface area contributed by atoms with E-state index in [1.807, 2.05) is 12.1 Å². The van der Waals surface area contributed by atoms with Crippen LogP contribution < -0.4 is 0 Å². The fourth-order valence-corrected chi connectivity index (χ4v) is 1.05. The van der Waals surface area contributed by atoms with Crippen LogP contribution in [0.25, 0.3) is 0 Å². The summed E-state index contributed by atoms with van der Waals surface area (Å²) in [7, 11) is 0. The largest absolute Gasteiger partial charge is 0.0876 e. The van der Waals surface area contributed by atoms with Crippen molar-refractivity contribution in [1.29, 1.82) is 0 Å². The quantitative estimate of drug-likeness (QED) is 0.588. The smallest absolute Gasteiger partial charge is 0.0289 e. The van der Waals surface area contributed by atoms with Gasteiger partial charge in [-0.05, 0) is 18.6 Å². The first-order chi connectivity index (χ1) is 4.33. The van der Waals surface area contributed by atoms with Gasteiger partial charge in [0.2, 0.25) is 0 Å². The first-order valence-corrected chi connectivity index (χ1v) is 3.98. The Hall–Kier alpha value is -0.300. The van der Waals surface area contributed by atoms with Gasteiger partial charge >= 0.3 is 0 Å². The molecule has 1 aromatic rings. The highest BCUT2D eigenvalue weighted by molar-refractivity contribution is 9.08. The van der Waals surface area contributed by atoms with Gasteiger partial charge in [-0.2, -0.15) is 0 Å². The molecule has 0 saturated carbocycles. The van der Waals surface area contributed by atoms with Crippen molar-refractivity contribution in [3.63, 3.8) is 0 Å². The Bertz CT molecular complexity index is 194. The van der Waals surface area contributed by atoms with Gasteiger partial charge in [0.15, 0.2) is 0 Å². The third-order valence-corrected chi connectivity index (χ3v) is 1.76. The summed E-state index contributed by atoms with van der Waals surface area (Å²) in [6.07, 6.45) is 0. The molecule has 0 atom stereocenters. The van der Waals surface area contributed by atoms with E-state index in [1.165, 1.54) is 11.1 Å². The molecular formula is C8H8Br. The Labute approximate surface area is 64.0 Å². The molecule has 0 N–H and O–H groups in total. The lowest BCUT2D eigenvalue weighted by Crippen LogP contribution is -1.77. The summed E-state index contributed by atoms with van der Waals surface area (Å²) in [5.41, 5.74) is 2.51. The van der Waals surface area contributed by atoms with Crippen LogP contribution in [0.4, 0.5) is 0 Å². The molecule has 0 bridgehead atoms. The molecule has 0 aliphatic carbocycles. The fourth-order valence-electron chi connectivity index (χ4n) is 0.722. The van der Waals surface area contributed by atoms with E-state index >= 15 is 0 Å². The summed E-state index contributed by atoms with van der Waals surface area (Å²) in [5.74, 6) is 0. The summed E-state index contributed by atoms with van der Waals surface area (Å²) in [4.78, 5) is 0. The van der Waals surface area contributed by atoms with E-state index in [0.717, 1.165) is 5.33 Å². The predicted octanol–water partition coefficient (Wildman–Crippen LogP) is 2.69. The Balaban J connectivity index is 2.94. The van der Waals surface area contributed by atoms with E-state index in [2.05, 4.69) is 35.0 Å². The molecule has 1 aromatic carbocycles. The normalized spacial score (nSPS) is 9.56. The molecule has 0 saturated heterocycles. The number of hydrogen-bond acceptors (Lipinski definition) is 0. The molecule has 47 valence electrons. The van der Waals surface area contributed by atoms with Gasteiger partial charge in [0.05, 0.1) is 0 Å². The Kier molecular flexibility index (Phi) is 2.29. The lowest BCUT2D eigenvalue weighted by atomic mass is 10.2. The second-order valence-corrected chi connectivity index (χ2v) is 2.59. The standard InChI is InChI=1S/C8H8Br/c1-7-3-2-4-8(5-7)6-9/h2-3,5H,6H2,1H3. The summed E-state index contributed by atoms with van der Waals surface area (Å²) in [6, 6.07) is 9.23. The van der Waals surface area contributed by atoms with Crippen molar-refractivity contribution in [2.45, 2.75) is 12.3 Å². The van der Waals surface area contributed by atoms with E-state index < -0.39 is 0 Å². The van der Waals surface area contributed by atoms with Crippen molar-refractivity contribution in [3.05, 3.63) is 35.4 Å². The monoisotopic (exact) mass is 183 g/mol. The SMILES string of the molecule is Cc1cc[c]c(CBr)c1. The van der Waals surface area contributed by atoms with Crippen molar-refractivity contribution in [3.8, 4) is 0 Å². The number of halogens is 1. The highest BCUT2D eigenvalue weighted by Gasteiger charge is 1.87. The minimum absolute atomic E-state index is 0.898. The molecule has 0 aromatic heterocycles. The van der Waals surface area contributed by atoms with Crippen molar-refractivity contribution in [1.82, 2.24) is 0 Å². The van der Waals surface area contributed by atoms with Gasteiger partial charge in [-0.1, -0.05) is 39.7 Å². The van der Waals surface area contributed by atoms with Crippen LogP contribution in [0.1, 0.15) is 11.1 Å². The molecule has 9 heavy (non-hydrogen) atoms. The summed E-state index contributed by atoms with van der Waals surface area (Å²) < 4.78 is 0. The van der Waals surface area contributed by atoms with Gasteiger partial charge in [-0.3, -0.25) is 0 Å². The molecule has 0 amide bonds. The van der Waals surface area contributed by atoms with E-state index in [9.17, 15) is 0 Å². The Morgan fingerprint density at radius 1 is 1.67 bits per heavy atom. The van der Waals surface area contributed by atoms with E-state index in [0.29, 0.717) is 0 Å². The van der Waals surface area contributed by atoms with Gasteiger partial charge in [0.25, 0.3) is 0 Å². The predicted molar refractivity (Wildman–Crippen MR) is 42.6 cm³/mol. The molecule has 0 aliphatic heterocycles. The molecule has 0 unspecified atom stereocenters. The maximum Gasteiger partial charge on any atom is 0.0289 e. The van der Waals surface area contributed by atoms with Crippen LogP contribution in [0.3, 0.4) is 0 Å². The van der Waals surface area contributed by atoms with Crippen LogP contribution in [0.15, 0.2) is 18.2 Å². The highest BCUT2D eigenvalue weighted by atomic mass is 79.9. The zero-order valence-corrected chi connectivity index (χ0v) is 6.90. The molecule has 0 fully saturated rings. The second kappa shape index (κ2) is 3.02. The van der Waals surface area contributed by atoms with Crippen LogP contribution in [-0.4, -0.2) is 0 Å². The first-order valence-electron chi connectivity index (χ1n) is 2.86. The van der Waals surface area contributed by atoms with Gasteiger partial charge in [0, 0.05) is 5.33 Å². The van der Waals surface area contributed by atoms with Gasteiger partial charge < -0.3 is 0 Å². The van der Waals surface area contributed by atoms with Crippen LogP contribution in [0.5, 0.6) is 0 Å².